The summed E-state index contributed by atoms with van der Waals surface area (Å²) in [6.45, 7) is 2.34. The van der Waals surface area contributed by atoms with E-state index >= 15 is 0 Å². The molecule has 0 aromatic carbocycles. The predicted octanol–water partition coefficient (Wildman–Crippen LogP) is 1.24. The molecule has 7 nitrogen and oxygen atoms in total. The molecular weight excluding hydrogens is 250 g/mol. The van der Waals surface area contributed by atoms with Crippen LogP contribution in [-0.2, 0) is 9.53 Å². The summed E-state index contributed by atoms with van der Waals surface area (Å²) in [5, 5.41) is 11.5. The molecule has 1 aromatic rings. The summed E-state index contributed by atoms with van der Waals surface area (Å²) in [4.78, 5) is 29.7. The van der Waals surface area contributed by atoms with E-state index in [0.29, 0.717) is 30.9 Å². The Bertz CT molecular complexity index is 462. The lowest BCUT2D eigenvalue weighted by atomic mass is 10.2. The maximum absolute atomic E-state index is 11.3. The number of aromatic nitrogens is 2. The van der Waals surface area contributed by atoms with Gasteiger partial charge in [0, 0.05) is 24.7 Å². The average molecular weight is 267 g/mol. The number of hydrogen-bond acceptors (Lipinski definition) is 6. The van der Waals surface area contributed by atoms with Gasteiger partial charge in [0.15, 0.2) is 0 Å². The van der Waals surface area contributed by atoms with Crippen molar-refractivity contribution in [3.05, 3.63) is 17.6 Å². The molecular formula is C12H17N3O4. The Morgan fingerprint density at radius 2 is 2.11 bits per heavy atom. The number of hydrogen-bond donors (Lipinski definition) is 2. The molecule has 1 aromatic heterocycles. The molecule has 0 spiro atoms. The minimum absolute atomic E-state index is 0.00976. The first-order chi connectivity index (χ1) is 9.02. The maximum Gasteiger partial charge on any atom is 0.376 e. The van der Waals surface area contributed by atoms with E-state index in [9.17, 15) is 9.59 Å². The van der Waals surface area contributed by atoms with Crippen molar-refractivity contribution in [3.8, 4) is 0 Å². The molecule has 0 atom stereocenters. The van der Waals surface area contributed by atoms with Crippen molar-refractivity contribution in [1.29, 1.82) is 0 Å². The molecule has 0 aliphatic rings. The first-order valence-electron chi connectivity index (χ1n) is 5.92. The highest BCUT2D eigenvalue weighted by Crippen LogP contribution is 2.07. The van der Waals surface area contributed by atoms with Crippen LogP contribution in [0.1, 0.15) is 35.6 Å². The van der Waals surface area contributed by atoms with Gasteiger partial charge in [0.2, 0.25) is 5.82 Å². The lowest BCUT2D eigenvalue weighted by Gasteiger charge is -2.07. The van der Waals surface area contributed by atoms with Crippen LogP contribution >= 0.6 is 0 Å². The van der Waals surface area contributed by atoms with Crippen molar-refractivity contribution in [3.63, 3.8) is 0 Å². The van der Waals surface area contributed by atoms with Crippen LogP contribution in [0.15, 0.2) is 6.07 Å². The van der Waals surface area contributed by atoms with E-state index in [2.05, 4.69) is 20.0 Å². The fraction of sp³-hybridized carbons (Fsp3) is 0.500. The van der Waals surface area contributed by atoms with E-state index in [1.807, 2.05) is 0 Å². The molecule has 0 amide bonds. The second-order valence-corrected chi connectivity index (χ2v) is 3.99. The molecule has 7 heteroatoms. The minimum atomic E-state index is -0.800. The van der Waals surface area contributed by atoms with Crippen LogP contribution in [0.25, 0.3) is 0 Å². The van der Waals surface area contributed by atoms with Crippen LogP contribution in [-0.4, -0.2) is 40.7 Å². The van der Waals surface area contributed by atoms with Gasteiger partial charge in [0.25, 0.3) is 0 Å². The summed E-state index contributed by atoms with van der Waals surface area (Å²) in [6.07, 6.45) is 1.46. The van der Waals surface area contributed by atoms with Crippen LogP contribution in [0.4, 0.5) is 5.82 Å². The molecule has 1 heterocycles. The molecule has 2 N–H and O–H groups in total. The van der Waals surface area contributed by atoms with Crippen LogP contribution in [0.5, 0.6) is 0 Å². The van der Waals surface area contributed by atoms with Crippen molar-refractivity contribution in [1.82, 2.24) is 9.97 Å². The first kappa shape index (κ1) is 14.9. The number of unbranched alkanes of at least 4 members (excludes halogenated alkanes) is 1. The van der Waals surface area contributed by atoms with Crippen molar-refractivity contribution in [2.24, 2.45) is 0 Å². The number of rotatable bonds is 7. The summed E-state index contributed by atoms with van der Waals surface area (Å²) >= 11 is 0. The number of esters is 1. The summed E-state index contributed by atoms with van der Waals surface area (Å²) in [5.41, 5.74) is 0.656. The highest BCUT2D eigenvalue weighted by Gasteiger charge is 2.11. The molecule has 0 aliphatic heterocycles. The van der Waals surface area contributed by atoms with Gasteiger partial charge in [-0.3, -0.25) is 4.79 Å². The van der Waals surface area contributed by atoms with Gasteiger partial charge in [-0.15, -0.1) is 0 Å². The molecule has 0 radical (unpaired) electrons. The van der Waals surface area contributed by atoms with Gasteiger partial charge in [-0.05, 0) is 19.8 Å². The Kier molecular flexibility index (Phi) is 5.72. The zero-order valence-electron chi connectivity index (χ0n) is 11.0. The van der Waals surface area contributed by atoms with Crippen LogP contribution in [0, 0.1) is 6.92 Å². The molecule has 1 rings (SSSR count). The van der Waals surface area contributed by atoms with Crippen LogP contribution < -0.4 is 5.32 Å². The monoisotopic (exact) mass is 267 g/mol. The van der Waals surface area contributed by atoms with E-state index in [1.165, 1.54) is 7.11 Å². The zero-order chi connectivity index (χ0) is 14.3. The summed E-state index contributed by atoms with van der Waals surface area (Å²) in [5.74, 6) is -0.845. The van der Waals surface area contributed by atoms with E-state index < -0.39 is 11.9 Å². The third-order valence-corrected chi connectivity index (χ3v) is 2.35. The molecule has 104 valence electrons. The highest BCUT2D eigenvalue weighted by atomic mass is 16.5. The minimum Gasteiger partial charge on any atom is -0.481 e. The SMILES string of the molecule is COC(=O)c1nc(C)cc(NCCCCC(=O)O)n1. The predicted molar refractivity (Wildman–Crippen MR) is 68.1 cm³/mol. The Balaban J connectivity index is 2.51. The Morgan fingerprint density at radius 1 is 1.37 bits per heavy atom. The van der Waals surface area contributed by atoms with Gasteiger partial charge in [0.1, 0.15) is 5.82 Å². The van der Waals surface area contributed by atoms with Gasteiger partial charge < -0.3 is 15.2 Å². The third-order valence-electron chi connectivity index (χ3n) is 2.35. The molecule has 0 bridgehead atoms. The van der Waals surface area contributed by atoms with E-state index in [4.69, 9.17) is 5.11 Å². The molecule has 0 saturated carbocycles. The molecule has 0 aliphatic carbocycles. The van der Waals surface area contributed by atoms with Gasteiger partial charge >= 0.3 is 11.9 Å². The molecule has 19 heavy (non-hydrogen) atoms. The lowest BCUT2D eigenvalue weighted by molar-refractivity contribution is -0.137. The Morgan fingerprint density at radius 3 is 2.74 bits per heavy atom. The van der Waals surface area contributed by atoms with Crippen molar-refractivity contribution in [2.75, 3.05) is 19.0 Å². The summed E-state index contributed by atoms with van der Waals surface area (Å²) in [7, 11) is 1.27. The smallest absolute Gasteiger partial charge is 0.376 e. The maximum atomic E-state index is 11.3. The number of carboxylic acids is 1. The van der Waals surface area contributed by atoms with Crippen LogP contribution in [0.3, 0.4) is 0 Å². The standard InChI is InChI=1S/C12H17N3O4/c1-8-7-9(13-6-4-3-5-10(16)17)15-11(14-8)12(18)19-2/h7H,3-6H2,1-2H3,(H,16,17)(H,13,14,15). The Labute approximate surface area is 111 Å². The van der Waals surface area contributed by atoms with Gasteiger partial charge in [-0.2, -0.15) is 0 Å². The number of nitrogens with zero attached hydrogens (tertiary/aromatic N) is 2. The number of carbonyl (C=O) groups is 2. The van der Waals surface area contributed by atoms with Crippen molar-refractivity contribution >= 4 is 17.8 Å². The Hall–Kier alpha value is -2.18. The van der Waals surface area contributed by atoms with Gasteiger partial charge in [-0.25, -0.2) is 14.8 Å². The number of aryl methyl sites for hydroxylation is 1. The first-order valence-corrected chi connectivity index (χ1v) is 5.92. The van der Waals surface area contributed by atoms with Crippen molar-refractivity contribution < 1.29 is 19.4 Å². The number of aliphatic carboxylic acids is 1. The van der Waals surface area contributed by atoms with E-state index in [0.717, 1.165) is 0 Å². The molecule has 0 saturated heterocycles. The largest absolute Gasteiger partial charge is 0.481 e. The molecule has 0 unspecified atom stereocenters. The van der Waals surface area contributed by atoms with Crippen molar-refractivity contribution in [2.45, 2.75) is 26.2 Å². The molecule has 0 fully saturated rings. The van der Waals surface area contributed by atoms with Gasteiger partial charge in [0.05, 0.1) is 7.11 Å². The normalized spacial score (nSPS) is 10.0. The fourth-order valence-corrected chi connectivity index (χ4v) is 1.46. The number of methoxy groups -OCH3 is 1. The number of ether oxygens (including phenoxy) is 1. The highest BCUT2D eigenvalue weighted by molar-refractivity contribution is 5.85. The summed E-state index contributed by atoms with van der Waals surface area (Å²) in [6, 6.07) is 1.71. The topological polar surface area (TPSA) is 101 Å². The third kappa shape index (κ3) is 5.33. The van der Waals surface area contributed by atoms with Crippen LogP contribution in [0.2, 0.25) is 0 Å². The number of nitrogens with one attached hydrogen (secondary N) is 1. The second-order valence-electron chi connectivity index (χ2n) is 3.99. The van der Waals surface area contributed by atoms with E-state index in [1.54, 1.807) is 13.0 Å². The van der Waals surface area contributed by atoms with E-state index in [-0.39, 0.29) is 12.2 Å². The zero-order valence-corrected chi connectivity index (χ0v) is 11.0. The number of anilines is 1. The fourth-order valence-electron chi connectivity index (χ4n) is 1.46. The lowest BCUT2D eigenvalue weighted by Crippen LogP contribution is -2.12. The number of carboxylic acid groups (broad SMARTS) is 1. The number of carbonyl (C=O) groups excluding carboxylic acids is 1. The summed E-state index contributed by atoms with van der Waals surface area (Å²) < 4.78 is 4.56. The average Bonchev–Trinajstić information content (AvgIpc) is 2.36. The van der Waals surface area contributed by atoms with Gasteiger partial charge in [-0.1, -0.05) is 0 Å². The quantitative estimate of drug-likeness (QED) is 0.566. The second kappa shape index (κ2) is 7.30.